The first-order chi connectivity index (χ1) is 21.5. The van der Waals surface area contributed by atoms with Crippen molar-refractivity contribution in [2.75, 3.05) is 26.4 Å². The van der Waals surface area contributed by atoms with E-state index >= 15 is 17.6 Å². The van der Waals surface area contributed by atoms with Crippen LogP contribution in [0.1, 0.15) is 11.1 Å². The molecule has 0 fully saturated rings. The molecule has 20 heteroatoms. The molecule has 0 aliphatic carbocycles. The van der Waals surface area contributed by atoms with Crippen molar-refractivity contribution in [3.05, 3.63) is 57.7 Å². The molecule has 4 nitrogen and oxygen atoms in total. The molecule has 0 unspecified atom stereocenters. The van der Waals surface area contributed by atoms with Gasteiger partial charge in [-0.15, -0.1) is 22.7 Å². The second kappa shape index (κ2) is 10.8. The first-order valence-corrected chi connectivity index (χ1v) is 13.8. The van der Waals surface area contributed by atoms with Gasteiger partial charge in [0.25, 0.3) is 0 Å². The van der Waals surface area contributed by atoms with E-state index in [1.807, 2.05) is 0 Å². The molecule has 4 heterocycles. The fourth-order valence-electron chi connectivity index (χ4n) is 4.69. The number of halogens is 14. The molecule has 46 heavy (non-hydrogen) atoms. The van der Waals surface area contributed by atoms with Crippen LogP contribution in [0.15, 0.2) is 0 Å². The molecule has 2 aromatic carbocycles. The first kappa shape index (κ1) is 32.0. The zero-order valence-electron chi connectivity index (χ0n) is 21.6. The van der Waals surface area contributed by atoms with Crippen molar-refractivity contribution in [2.24, 2.45) is 0 Å². The highest BCUT2D eigenvalue weighted by atomic mass is 32.1. The number of thiophene rings is 2. The van der Waals surface area contributed by atoms with Gasteiger partial charge in [-0.2, -0.15) is 26.3 Å². The van der Waals surface area contributed by atoms with E-state index in [0.29, 0.717) is 0 Å². The molecule has 0 saturated carbocycles. The van der Waals surface area contributed by atoms with Gasteiger partial charge in [0.2, 0.25) is 0 Å². The van der Waals surface area contributed by atoms with Crippen LogP contribution in [0.3, 0.4) is 0 Å². The van der Waals surface area contributed by atoms with E-state index in [1.54, 1.807) is 0 Å². The molecule has 0 amide bonds. The molecule has 2 aliphatic rings. The molecule has 0 radical (unpaired) electrons. The Balaban J connectivity index is 1.62. The number of alkyl halides is 6. The molecule has 246 valence electrons. The van der Waals surface area contributed by atoms with Gasteiger partial charge in [0.1, 0.15) is 37.6 Å². The highest BCUT2D eigenvalue weighted by molar-refractivity contribution is 7.26. The summed E-state index contributed by atoms with van der Waals surface area (Å²) in [6, 6.07) is 0. The quantitative estimate of drug-likeness (QED) is 0.157. The smallest absolute Gasteiger partial charge is 0.422 e. The highest BCUT2D eigenvalue weighted by Gasteiger charge is 2.46. The van der Waals surface area contributed by atoms with Crippen molar-refractivity contribution in [1.29, 1.82) is 0 Å². The number of hydrogen-bond acceptors (Lipinski definition) is 6. The number of benzene rings is 2. The van der Waals surface area contributed by atoms with E-state index < -0.39 is 114 Å². The Labute approximate surface area is 253 Å². The zero-order valence-corrected chi connectivity index (χ0v) is 23.2. The summed E-state index contributed by atoms with van der Waals surface area (Å²) >= 11 is 0.377. The summed E-state index contributed by atoms with van der Waals surface area (Å²) in [7, 11) is 0. The van der Waals surface area contributed by atoms with Gasteiger partial charge < -0.3 is 18.9 Å². The second-order valence-electron chi connectivity index (χ2n) is 9.24. The number of fused-ring (bicyclic) bond motifs is 2. The first-order valence-electron chi connectivity index (χ1n) is 12.2. The summed E-state index contributed by atoms with van der Waals surface area (Å²) < 4.78 is 219. The lowest BCUT2D eigenvalue weighted by Crippen LogP contribution is -2.17. The summed E-state index contributed by atoms with van der Waals surface area (Å²) in [6.45, 7) is -1.27. The van der Waals surface area contributed by atoms with Crippen LogP contribution < -0.4 is 18.9 Å². The maximum absolute atomic E-state index is 15.0. The van der Waals surface area contributed by atoms with Crippen LogP contribution >= 0.6 is 22.7 Å². The largest absolute Gasteiger partial charge is 0.485 e. The van der Waals surface area contributed by atoms with Gasteiger partial charge >= 0.3 is 12.4 Å². The maximum atomic E-state index is 15.0. The molecule has 2 aromatic heterocycles. The van der Waals surface area contributed by atoms with Crippen LogP contribution in [0.5, 0.6) is 23.0 Å². The van der Waals surface area contributed by atoms with Gasteiger partial charge in [0, 0.05) is 0 Å². The molecule has 2 aliphatic heterocycles. The third-order valence-corrected chi connectivity index (χ3v) is 9.06. The third-order valence-electron chi connectivity index (χ3n) is 6.55. The predicted molar refractivity (Wildman–Crippen MR) is 130 cm³/mol. The standard InChI is InChI=1S/C26H8F14O4S2/c27-9-5(10(28)14(32)7(13(9)31)25(35,36)37)21-17-19(43-3-1-41-17)23(45-21)24-20-18(42-2-4-44-20)22(46-24)6-11(29)15(33)8(26(38,39)40)16(34)12(6)30/h1-4H2. The minimum Gasteiger partial charge on any atom is -0.485 e. The summed E-state index contributed by atoms with van der Waals surface area (Å²) in [5.41, 5.74) is -8.99. The fraction of sp³-hybridized carbons (Fsp3) is 0.231. The lowest BCUT2D eigenvalue weighted by atomic mass is 10.0. The second-order valence-corrected chi connectivity index (χ2v) is 11.3. The van der Waals surface area contributed by atoms with Crippen molar-refractivity contribution in [3.63, 3.8) is 0 Å². The SMILES string of the molecule is Fc1c(F)c(C(F)(F)F)c(F)c(F)c1-c1sc(-c2sc(-c3c(F)c(F)c(C(F)(F)F)c(F)c3F)c3c2OCCO3)c2c1OCCO2. The van der Waals surface area contributed by atoms with E-state index in [-0.39, 0.29) is 58.9 Å². The molecule has 0 spiro atoms. The van der Waals surface area contributed by atoms with E-state index in [4.69, 9.17) is 18.9 Å². The van der Waals surface area contributed by atoms with Crippen LogP contribution in [0.2, 0.25) is 0 Å². The summed E-state index contributed by atoms with van der Waals surface area (Å²) in [4.78, 5) is -2.40. The number of ether oxygens (including phenoxy) is 4. The molecule has 0 N–H and O–H groups in total. The summed E-state index contributed by atoms with van der Waals surface area (Å²) in [5.74, 6) is -23.2. The molecule has 0 bridgehead atoms. The van der Waals surface area contributed by atoms with Crippen LogP contribution in [0.25, 0.3) is 30.6 Å². The fourth-order valence-corrected chi connectivity index (χ4v) is 7.26. The van der Waals surface area contributed by atoms with Crippen molar-refractivity contribution >= 4 is 22.7 Å². The van der Waals surface area contributed by atoms with E-state index in [0.717, 1.165) is 0 Å². The van der Waals surface area contributed by atoms with E-state index in [9.17, 15) is 43.9 Å². The predicted octanol–water partition coefficient (Wildman–Crippen LogP) is 9.50. The van der Waals surface area contributed by atoms with Crippen LogP contribution in [-0.2, 0) is 12.4 Å². The van der Waals surface area contributed by atoms with Crippen LogP contribution in [0.4, 0.5) is 61.5 Å². The van der Waals surface area contributed by atoms with Gasteiger partial charge in [0.15, 0.2) is 69.5 Å². The highest BCUT2D eigenvalue weighted by Crippen LogP contribution is 2.62. The lowest BCUT2D eigenvalue weighted by molar-refractivity contribution is -0.144. The minimum absolute atomic E-state index is 0.188. The number of hydrogen-bond donors (Lipinski definition) is 0. The summed E-state index contributed by atoms with van der Waals surface area (Å²) in [6.07, 6.45) is -11.7. The van der Waals surface area contributed by atoms with Gasteiger partial charge in [-0.1, -0.05) is 0 Å². The van der Waals surface area contributed by atoms with Gasteiger partial charge in [-0.25, -0.2) is 35.1 Å². The Hall–Kier alpha value is -3.94. The normalized spacial score (nSPS) is 14.7. The van der Waals surface area contributed by atoms with Gasteiger partial charge in [-0.3, -0.25) is 0 Å². The van der Waals surface area contributed by atoms with Crippen LogP contribution in [-0.4, -0.2) is 26.4 Å². The van der Waals surface area contributed by atoms with E-state index in [1.165, 1.54) is 0 Å². The Kier molecular flexibility index (Phi) is 7.53. The van der Waals surface area contributed by atoms with Crippen molar-refractivity contribution in [2.45, 2.75) is 12.4 Å². The molecule has 4 aromatic rings. The minimum atomic E-state index is -5.85. The molecule has 0 saturated heterocycles. The summed E-state index contributed by atoms with van der Waals surface area (Å²) in [5, 5.41) is 0. The van der Waals surface area contributed by atoms with Crippen LogP contribution in [0, 0.1) is 46.5 Å². The average molecular weight is 714 g/mol. The maximum Gasteiger partial charge on any atom is 0.422 e. The van der Waals surface area contributed by atoms with Gasteiger partial charge in [0.05, 0.1) is 30.6 Å². The Morgan fingerprint density at radius 1 is 0.370 bits per heavy atom. The van der Waals surface area contributed by atoms with Gasteiger partial charge in [-0.05, 0) is 0 Å². The zero-order chi connectivity index (χ0) is 33.6. The molecule has 6 rings (SSSR count). The van der Waals surface area contributed by atoms with E-state index in [2.05, 4.69) is 0 Å². The Morgan fingerprint density at radius 3 is 0.848 bits per heavy atom. The third kappa shape index (κ3) is 4.70. The topological polar surface area (TPSA) is 36.9 Å². The Bertz CT molecular complexity index is 1730. The van der Waals surface area contributed by atoms with Crippen molar-refractivity contribution in [1.82, 2.24) is 0 Å². The molecular formula is C26H8F14O4S2. The Morgan fingerprint density at radius 2 is 0.609 bits per heavy atom. The molecule has 0 atom stereocenters. The van der Waals surface area contributed by atoms with Crippen molar-refractivity contribution < 1.29 is 80.4 Å². The number of rotatable bonds is 3. The molecular weight excluding hydrogens is 706 g/mol. The lowest BCUT2D eigenvalue weighted by Gasteiger charge is -2.19. The van der Waals surface area contributed by atoms with Crippen molar-refractivity contribution in [3.8, 4) is 53.6 Å². The monoisotopic (exact) mass is 714 g/mol. The average Bonchev–Trinajstić information content (AvgIpc) is 3.53.